The van der Waals surface area contributed by atoms with Crippen LogP contribution in [-0.2, 0) is 16.1 Å². The first kappa shape index (κ1) is 21.8. The van der Waals surface area contributed by atoms with Crippen LogP contribution in [0.2, 0.25) is 5.02 Å². The SMILES string of the molecule is COc1ccc(C2NNC3OC(=O)CC(c4ccc(OCc5ccccc5Cl)cc4)C32)cc1. The first-order valence-corrected chi connectivity index (χ1v) is 11.3. The summed E-state index contributed by atoms with van der Waals surface area (Å²) in [5, 5.41) is 0.687. The molecule has 4 atom stereocenters. The summed E-state index contributed by atoms with van der Waals surface area (Å²) in [7, 11) is 1.65. The molecular weight excluding hydrogens is 440 g/mol. The summed E-state index contributed by atoms with van der Waals surface area (Å²) in [4.78, 5) is 12.3. The van der Waals surface area contributed by atoms with Gasteiger partial charge in [0.1, 0.15) is 18.1 Å². The van der Waals surface area contributed by atoms with Gasteiger partial charge in [-0.15, -0.1) is 0 Å². The fourth-order valence-corrected chi connectivity index (χ4v) is 4.83. The number of benzene rings is 3. The predicted molar refractivity (Wildman–Crippen MR) is 125 cm³/mol. The molecule has 2 fully saturated rings. The molecule has 0 saturated carbocycles. The Morgan fingerprint density at radius 1 is 0.939 bits per heavy atom. The lowest BCUT2D eigenvalue weighted by Gasteiger charge is -2.35. The predicted octanol–water partition coefficient (Wildman–Crippen LogP) is 4.75. The minimum Gasteiger partial charge on any atom is -0.497 e. The van der Waals surface area contributed by atoms with Crippen molar-refractivity contribution in [2.45, 2.75) is 31.2 Å². The number of nitrogens with one attached hydrogen (secondary N) is 2. The lowest BCUT2D eigenvalue weighted by Crippen LogP contribution is -2.42. The number of carbonyl (C=O) groups excluding carboxylic acids is 1. The molecule has 2 aliphatic heterocycles. The van der Waals surface area contributed by atoms with Crippen LogP contribution in [0.4, 0.5) is 0 Å². The van der Waals surface area contributed by atoms with Crippen molar-refractivity contribution in [2.75, 3.05) is 7.11 Å². The zero-order valence-corrected chi connectivity index (χ0v) is 18.9. The molecule has 2 saturated heterocycles. The molecule has 2 heterocycles. The van der Waals surface area contributed by atoms with Crippen LogP contribution < -0.4 is 20.3 Å². The maximum absolute atomic E-state index is 12.3. The van der Waals surface area contributed by atoms with Crippen molar-refractivity contribution in [3.63, 3.8) is 0 Å². The molecule has 6 nitrogen and oxygen atoms in total. The number of carbonyl (C=O) groups is 1. The van der Waals surface area contributed by atoms with Gasteiger partial charge in [0.2, 0.25) is 0 Å². The third-order valence-corrected chi connectivity index (χ3v) is 6.73. The number of methoxy groups -OCH3 is 1. The van der Waals surface area contributed by atoms with E-state index >= 15 is 0 Å². The van der Waals surface area contributed by atoms with Gasteiger partial charge in [-0.2, -0.15) is 0 Å². The topological polar surface area (TPSA) is 68.8 Å². The number of esters is 1. The highest BCUT2D eigenvalue weighted by Gasteiger charge is 2.48. The van der Waals surface area contributed by atoms with Gasteiger partial charge in [-0.25, -0.2) is 10.9 Å². The fraction of sp³-hybridized carbons (Fsp3) is 0.269. The molecule has 3 aromatic carbocycles. The second kappa shape index (κ2) is 9.43. The summed E-state index contributed by atoms with van der Waals surface area (Å²) in [6.07, 6.45) is -0.0590. The average Bonchev–Trinajstić information content (AvgIpc) is 3.27. The second-order valence-corrected chi connectivity index (χ2v) is 8.69. The number of fused-ring (bicyclic) bond motifs is 1. The van der Waals surface area contributed by atoms with Crippen LogP contribution in [-0.4, -0.2) is 19.3 Å². The molecule has 0 aromatic heterocycles. The first-order valence-electron chi connectivity index (χ1n) is 10.9. The zero-order chi connectivity index (χ0) is 22.8. The Labute approximate surface area is 197 Å². The number of rotatable bonds is 6. The lowest BCUT2D eigenvalue weighted by atomic mass is 9.76. The van der Waals surface area contributed by atoms with Crippen LogP contribution in [0.1, 0.15) is 35.1 Å². The van der Waals surface area contributed by atoms with Crippen LogP contribution in [0.25, 0.3) is 0 Å². The summed E-state index contributed by atoms with van der Waals surface area (Å²) in [5.74, 6) is 1.41. The largest absolute Gasteiger partial charge is 0.497 e. The summed E-state index contributed by atoms with van der Waals surface area (Å²) in [6.45, 7) is 0.396. The Morgan fingerprint density at radius 2 is 1.64 bits per heavy atom. The summed E-state index contributed by atoms with van der Waals surface area (Å²) in [6, 6.07) is 23.6. The van der Waals surface area contributed by atoms with Gasteiger partial charge in [-0.1, -0.05) is 54.1 Å². The first-order chi connectivity index (χ1) is 16.1. The van der Waals surface area contributed by atoms with E-state index in [4.69, 9.17) is 25.8 Å². The van der Waals surface area contributed by atoms with E-state index in [1.807, 2.05) is 72.8 Å². The van der Waals surface area contributed by atoms with E-state index in [0.29, 0.717) is 18.1 Å². The quantitative estimate of drug-likeness (QED) is 0.513. The van der Waals surface area contributed by atoms with Crippen LogP contribution in [0.15, 0.2) is 72.8 Å². The molecule has 0 amide bonds. The van der Waals surface area contributed by atoms with Crippen molar-refractivity contribution in [3.05, 3.63) is 94.5 Å². The van der Waals surface area contributed by atoms with Crippen molar-refractivity contribution < 1.29 is 19.0 Å². The van der Waals surface area contributed by atoms with Gasteiger partial charge in [0.25, 0.3) is 0 Å². The lowest BCUT2D eigenvalue weighted by molar-refractivity contribution is -0.160. The second-order valence-electron chi connectivity index (χ2n) is 8.29. The molecule has 2 aliphatic rings. The summed E-state index contributed by atoms with van der Waals surface area (Å²) in [5.41, 5.74) is 9.61. The number of hydrogen-bond acceptors (Lipinski definition) is 6. The number of halogens is 1. The van der Waals surface area contributed by atoms with Gasteiger partial charge in [0.15, 0.2) is 6.23 Å². The number of hydrazine groups is 1. The number of hydrogen-bond donors (Lipinski definition) is 2. The van der Waals surface area contributed by atoms with Crippen molar-refractivity contribution in [3.8, 4) is 11.5 Å². The van der Waals surface area contributed by atoms with Crippen molar-refractivity contribution in [1.82, 2.24) is 10.9 Å². The van der Waals surface area contributed by atoms with Gasteiger partial charge >= 0.3 is 5.97 Å². The van der Waals surface area contributed by atoms with E-state index in [1.54, 1.807) is 7.11 Å². The van der Waals surface area contributed by atoms with E-state index in [-0.39, 0.29) is 30.1 Å². The molecule has 2 N–H and O–H groups in total. The average molecular weight is 465 g/mol. The van der Waals surface area contributed by atoms with Gasteiger partial charge in [0.05, 0.1) is 19.6 Å². The Bertz CT molecular complexity index is 1120. The van der Waals surface area contributed by atoms with Gasteiger partial charge in [0, 0.05) is 22.4 Å². The number of ether oxygens (including phenoxy) is 3. The maximum atomic E-state index is 12.3. The molecule has 0 bridgehead atoms. The minimum atomic E-state index is -0.389. The summed E-state index contributed by atoms with van der Waals surface area (Å²) >= 11 is 6.22. The van der Waals surface area contributed by atoms with Crippen LogP contribution in [0.5, 0.6) is 11.5 Å². The standard InChI is InChI=1S/C26H25ClN2O4/c1-31-19-10-8-17(9-11-19)25-24-21(14-23(30)33-26(24)29-28-25)16-6-12-20(13-7-16)32-15-18-4-2-3-5-22(18)27/h2-13,21,24-26,28-29H,14-15H2,1H3. The van der Waals surface area contributed by atoms with E-state index in [9.17, 15) is 4.79 Å². The summed E-state index contributed by atoms with van der Waals surface area (Å²) < 4.78 is 16.8. The van der Waals surface area contributed by atoms with Crippen LogP contribution in [0, 0.1) is 5.92 Å². The van der Waals surface area contributed by atoms with Crippen molar-refractivity contribution in [1.29, 1.82) is 0 Å². The zero-order valence-electron chi connectivity index (χ0n) is 18.2. The minimum absolute atomic E-state index is 0.00321. The molecule has 5 rings (SSSR count). The fourth-order valence-electron chi connectivity index (χ4n) is 4.64. The van der Waals surface area contributed by atoms with Gasteiger partial charge < -0.3 is 14.2 Å². The van der Waals surface area contributed by atoms with Crippen molar-refractivity contribution >= 4 is 17.6 Å². The molecule has 0 spiro atoms. The van der Waals surface area contributed by atoms with E-state index < -0.39 is 0 Å². The molecule has 0 radical (unpaired) electrons. The Morgan fingerprint density at radius 3 is 2.36 bits per heavy atom. The van der Waals surface area contributed by atoms with Crippen molar-refractivity contribution in [2.24, 2.45) is 5.92 Å². The van der Waals surface area contributed by atoms with Crippen LogP contribution >= 0.6 is 11.6 Å². The normalized spacial score (nSPS) is 24.1. The van der Waals surface area contributed by atoms with E-state index in [0.717, 1.165) is 28.2 Å². The molecule has 33 heavy (non-hydrogen) atoms. The third kappa shape index (κ3) is 4.55. The van der Waals surface area contributed by atoms with E-state index in [1.165, 1.54) is 0 Å². The molecular formula is C26H25ClN2O4. The van der Waals surface area contributed by atoms with E-state index in [2.05, 4.69) is 10.9 Å². The highest BCUT2D eigenvalue weighted by Crippen LogP contribution is 2.45. The Hall–Kier alpha value is -3.06. The maximum Gasteiger partial charge on any atom is 0.308 e. The smallest absolute Gasteiger partial charge is 0.308 e. The van der Waals surface area contributed by atoms with Gasteiger partial charge in [-0.05, 0) is 41.5 Å². The molecule has 0 aliphatic carbocycles. The molecule has 4 unspecified atom stereocenters. The molecule has 3 aromatic rings. The van der Waals surface area contributed by atoms with Gasteiger partial charge in [-0.3, -0.25) is 4.79 Å². The molecule has 170 valence electrons. The Kier molecular flexibility index (Phi) is 6.22. The Balaban J connectivity index is 1.35. The molecule has 7 heteroatoms. The highest BCUT2D eigenvalue weighted by molar-refractivity contribution is 6.31. The van der Waals surface area contributed by atoms with Crippen LogP contribution in [0.3, 0.4) is 0 Å². The third-order valence-electron chi connectivity index (χ3n) is 6.36. The monoisotopic (exact) mass is 464 g/mol. The highest BCUT2D eigenvalue weighted by atomic mass is 35.5.